The van der Waals surface area contributed by atoms with Gasteiger partial charge in [0.15, 0.2) is 0 Å². The highest BCUT2D eigenvalue weighted by molar-refractivity contribution is 7.99. The first-order valence-corrected chi connectivity index (χ1v) is 7.22. The SMILES string of the molecule is CCSCC(NN)C1CC(C)(C)OC1(C)C. The van der Waals surface area contributed by atoms with Crippen LogP contribution >= 0.6 is 11.8 Å². The van der Waals surface area contributed by atoms with Gasteiger partial charge in [0.1, 0.15) is 0 Å². The van der Waals surface area contributed by atoms with Crippen molar-refractivity contribution < 1.29 is 4.74 Å². The Balaban J connectivity index is 2.69. The Morgan fingerprint density at radius 1 is 1.44 bits per heavy atom. The molecule has 3 nitrogen and oxygen atoms in total. The predicted octanol–water partition coefficient (Wildman–Crippen LogP) is 2.17. The monoisotopic (exact) mass is 246 g/mol. The van der Waals surface area contributed by atoms with Gasteiger partial charge in [0.25, 0.3) is 0 Å². The molecule has 16 heavy (non-hydrogen) atoms. The minimum absolute atomic E-state index is 0.0276. The Morgan fingerprint density at radius 2 is 2.06 bits per heavy atom. The van der Waals surface area contributed by atoms with Crippen molar-refractivity contribution in [3.8, 4) is 0 Å². The number of hydrogen-bond donors (Lipinski definition) is 2. The fourth-order valence-electron chi connectivity index (χ4n) is 2.76. The molecule has 3 N–H and O–H groups in total. The van der Waals surface area contributed by atoms with E-state index >= 15 is 0 Å². The fraction of sp³-hybridized carbons (Fsp3) is 1.00. The third-order valence-electron chi connectivity index (χ3n) is 3.35. The van der Waals surface area contributed by atoms with E-state index in [0.29, 0.717) is 12.0 Å². The van der Waals surface area contributed by atoms with E-state index in [0.717, 1.165) is 17.9 Å². The maximum absolute atomic E-state index is 6.11. The summed E-state index contributed by atoms with van der Waals surface area (Å²) in [5.41, 5.74) is 2.86. The largest absolute Gasteiger partial charge is 0.369 e. The van der Waals surface area contributed by atoms with Crippen molar-refractivity contribution in [1.82, 2.24) is 5.43 Å². The van der Waals surface area contributed by atoms with Crippen molar-refractivity contribution in [3.63, 3.8) is 0 Å². The second-order valence-corrected chi connectivity index (χ2v) is 7.03. The van der Waals surface area contributed by atoms with Crippen LogP contribution in [-0.4, -0.2) is 28.7 Å². The Bertz CT molecular complexity index is 231. The maximum atomic E-state index is 6.11. The highest BCUT2D eigenvalue weighted by Crippen LogP contribution is 2.43. The fourth-order valence-corrected chi connectivity index (χ4v) is 3.58. The average molecular weight is 246 g/mol. The highest BCUT2D eigenvalue weighted by Gasteiger charge is 2.48. The second kappa shape index (κ2) is 5.25. The van der Waals surface area contributed by atoms with E-state index in [2.05, 4.69) is 40.0 Å². The number of hydrogen-bond acceptors (Lipinski definition) is 4. The van der Waals surface area contributed by atoms with Crippen LogP contribution in [0.5, 0.6) is 0 Å². The minimum Gasteiger partial charge on any atom is -0.369 e. The standard InChI is InChI=1S/C12H26N2OS/c1-6-16-8-10(14-13)9-7-11(2,3)15-12(9,4)5/h9-10,14H,6-8,13H2,1-5H3. The molecule has 0 saturated carbocycles. The zero-order valence-corrected chi connectivity index (χ0v) is 12.0. The Hall–Kier alpha value is 0.230. The summed E-state index contributed by atoms with van der Waals surface area (Å²) in [5.74, 6) is 8.35. The van der Waals surface area contributed by atoms with Gasteiger partial charge in [-0.2, -0.15) is 11.8 Å². The third kappa shape index (κ3) is 3.36. The molecule has 0 bridgehead atoms. The third-order valence-corrected chi connectivity index (χ3v) is 4.35. The lowest BCUT2D eigenvalue weighted by Crippen LogP contribution is -2.48. The number of thioether (sulfide) groups is 1. The van der Waals surface area contributed by atoms with Gasteiger partial charge in [-0.3, -0.25) is 11.3 Å². The molecule has 2 atom stereocenters. The summed E-state index contributed by atoms with van der Waals surface area (Å²) in [6.45, 7) is 10.9. The summed E-state index contributed by atoms with van der Waals surface area (Å²) in [5, 5.41) is 0. The molecule has 2 unspecified atom stereocenters. The molecule has 0 radical (unpaired) electrons. The Morgan fingerprint density at radius 3 is 2.44 bits per heavy atom. The molecule has 1 heterocycles. The molecular formula is C12H26N2OS. The molecule has 0 aliphatic carbocycles. The van der Waals surface area contributed by atoms with Crippen LogP contribution in [-0.2, 0) is 4.74 Å². The number of ether oxygens (including phenoxy) is 1. The van der Waals surface area contributed by atoms with E-state index in [4.69, 9.17) is 10.6 Å². The topological polar surface area (TPSA) is 47.3 Å². The minimum atomic E-state index is -0.0885. The van der Waals surface area contributed by atoms with E-state index in [1.807, 2.05) is 11.8 Å². The van der Waals surface area contributed by atoms with Crippen LogP contribution < -0.4 is 11.3 Å². The normalized spacial score (nSPS) is 29.2. The summed E-state index contributed by atoms with van der Waals surface area (Å²) in [7, 11) is 0. The van der Waals surface area contributed by atoms with Gasteiger partial charge in [-0.05, 0) is 39.9 Å². The molecule has 1 fully saturated rings. The number of hydrazine groups is 1. The number of rotatable bonds is 5. The van der Waals surface area contributed by atoms with E-state index in [9.17, 15) is 0 Å². The molecular weight excluding hydrogens is 220 g/mol. The summed E-state index contributed by atoms with van der Waals surface area (Å²) in [6.07, 6.45) is 1.07. The van der Waals surface area contributed by atoms with Gasteiger partial charge in [0.05, 0.1) is 11.2 Å². The van der Waals surface area contributed by atoms with Crippen molar-refractivity contribution in [2.45, 2.75) is 58.3 Å². The van der Waals surface area contributed by atoms with Crippen LogP contribution in [0.3, 0.4) is 0 Å². The van der Waals surface area contributed by atoms with Crippen molar-refractivity contribution in [2.75, 3.05) is 11.5 Å². The zero-order valence-electron chi connectivity index (χ0n) is 11.2. The first-order chi connectivity index (χ1) is 7.32. The molecule has 4 heteroatoms. The van der Waals surface area contributed by atoms with Gasteiger partial charge in [-0.1, -0.05) is 6.92 Å². The summed E-state index contributed by atoms with van der Waals surface area (Å²) in [4.78, 5) is 0. The molecule has 0 aromatic rings. The quantitative estimate of drug-likeness (QED) is 0.576. The maximum Gasteiger partial charge on any atom is 0.0678 e. The van der Waals surface area contributed by atoms with Crippen LogP contribution in [0.1, 0.15) is 41.0 Å². The molecule has 0 aromatic carbocycles. The molecule has 1 aliphatic heterocycles. The van der Waals surface area contributed by atoms with Crippen molar-refractivity contribution in [3.05, 3.63) is 0 Å². The molecule has 1 saturated heterocycles. The van der Waals surface area contributed by atoms with Crippen molar-refractivity contribution >= 4 is 11.8 Å². The lowest BCUT2D eigenvalue weighted by atomic mass is 9.82. The Labute approximate surface area is 104 Å². The molecule has 1 rings (SSSR count). The number of nitrogens with two attached hydrogens (primary N) is 1. The van der Waals surface area contributed by atoms with E-state index < -0.39 is 0 Å². The van der Waals surface area contributed by atoms with Gasteiger partial charge in [-0.15, -0.1) is 0 Å². The lowest BCUT2D eigenvalue weighted by molar-refractivity contribution is -0.0769. The molecule has 0 aromatic heterocycles. The van der Waals surface area contributed by atoms with E-state index in [-0.39, 0.29) is 11.2 Å². The van der Waals surface area contributed by atoms with Crippen LogP contribution in [0.2, 0.25) is 0 Å². The lowest BCUT2D eigenvalue weighted by Gasteiger charge is -2.32. The summed E-state index contributed by atoms with van der Waals surface area (Å²) < 4.78 is 6.11. The van der Waals surface area contributed by atoms with Crippen molar-refractivity contribution in [2.24, 2.45) is 11.8 Å². The first-order valence-electron chi connectivity index (χ1n) is 6.06. The van der Waals surface area contributed by atoms with Gasteiger partial charge in [0, 0.05) is 17.7 Å². The molecule has 1 aliphatic rings. The van der Waals surface area contributed by atoms with Gasteiger partial charge in [0.2, 0.25) is 0 Å². The van der Waals surface area contributed by atoms with Crippen LogP contribution in [0, 0.1) is 5.92 Å². The average Bonchev–Trinajstić information content (AvgIpc) is 2.36. The smallest absolute Gasteiger partial charge is 0.0678 e. The van der Waals surface area contributed by atoms with E-state index in [1.54, 1.807) is 0 Å². The van der Waals surface area contributed by atoms with Gasteiger partial charge in [-0.25, -0.2) is 0 Å². The van der Waals surface area contributed by atoms with E-state index in [1.165, 1.54) is 0 Å². The Kier molecular flexibility index (Phi) is 4.69. The first kappa shape index (κ1) is 14.3. The highest BCUT2D eigenvalue weighted by atomic mass is 32.2. The van der Waals surface area contributed by atoms with Gasteiger partial charge < -0.3 is 4.74 Å². The van der Waals surface area contributed by atoms with Crippen molar-refractivity contribution in [1.29, 1.82) is 0 Å². The molecule has 96 valence electrons. The van der Waals surface area contributed by atoms with Gasteiger partial charge >= 0.3 is 0 Å². The van der Waals surface area contributed by atoms with Crippen LogP contribution in [0.4, 0.5) is 0 Å². The van der Waals surface area contributed by atoms with Crippen LogP contribution in [0.15, 0.2) is 0 Å². The van der Waals surface area contributed by atoms with Crippen LogP contribution in [0.25, 0.3) is 0 Å². The molecule has 0 amide bonds. The zero-order chi connectivity index (χ0) is 12.4. The predicted molar refractivity (Wildman–Crippen MR) is 71.5 cm³/mol. The summed E-state index contributed by atoms with van der Waals surface area (Å²) in [6, 6.07) is 0.335. The second-order valence-electron chi connectivity index (χ2n) is 5.71. The molecule has 0 spiro atoms. The summed E-state index contributed by atoms with van der Waals surface area (Å²) >= 11 is 1.93. The number of nitrogens with one attached hydrogen (secondary N) is 1.